The summed E-state index contributed by atoms with van der Waals surface area (Å²) in [6, 6.07) is 0.552. The minimum atomic E-state index is 0.351. The van der Waals surface area contributed by atoms with Crippen molar-refractivity contribution >= 4 is 0 Å². The fraction of sp³-hybridized carbons (Fsp3) is 0.824. The molecule has 1 N–H and O–H groups in total. The fourth-order valence-corrected chi connectivity index (χ4v) is 4.32. The fourth-order valence-electron chi connectivity index (χ4n) is 4.32. The number of nitrogens with zero attached hydrogens (tertiary/aromatic N) is 3. The smallest absolute Gasteiger partial charge is 0.108 e. The van der Waals surface area contributed by atoms with Gasteiger partial charge in [0, 0.05) is 37.4 Å². The maximum Gasteiger partial charge on any atom is 0.108 e. The first-order valence-corrected chi connectivity index (χ1v) is 8.56. The Morgan fingerprint density at radius 3 is 2.48 bits per heavy atom. The van der Waals surface area contributed by atoms with Crippen molar-refractivity contribution in [1.82, 2.24) is 19.8 Å². The van der Waals surface area contributed by atoms with Crippen molar-refractivity contribution in [2.75, 3.05) is 20.1 Å². The maximum atomic E-state index is 4.48. The molecule has 21 heavy (non-hydrogen) atoms. The summed E-state index contributed by atoms with van der Waals surface area (Å²) < 4.78 is 2.14. The molecule has 1 aliphatic carbocycles. The van der Waals surface area contributed by atoms with Gasteiger partial charge in [0.1, 0.15) is 5.82 Å². The Morgan fingerprint density at radius 2 is 2.00 bits per heavy atom. The van der Waals surface area contributed by atoms with Crippen LogP contribution in [0, 0.1) is 0 Å². The van der Waals surface area contributed by atoms with Crippen LogP contribution >= 0.6 is 0 Å². The third-order valence-corrected chi connectivity index (χ3v) is 5.44. The number of hydrogen-bond acceptors (Lipinski definition) is 3. The van der Waals surface area contributed by atoms with Crippen LogP contribution in [0.15, 0.2) is 12.4 Å². The zero-order valence-electron chi connectivity index (χ0n) is 14.2. The van der Waals surface area contributed by atoms with Crippen LogP contribution in [0.3, 0.4) is 0 Å². The van der Waals surface area contributed by atoms with Crippen LogP contribution in [-0.4, -0.2) is 46.2 Å². The van der Waals surface area contributed by atoms with E-state index in [0.717, 1.165) is 25.9 Å². The minimum absolute atomic E-state index is 0.351. The second-order valence-corrected chi connectivity index (χ2v) is 6.32. The van der Waals surface area contributed by atoms with Crippen LogP contribution in [0.1, 0.15) is 51.8 Å². The number of nitrogens with one attached hydrogen (secondary N) is 1. The number of likely N-dealkylation sites (N-methyl/N-ethyl adjacent to an activating group) is 2. The number of rotatable bonds is 8. The summed E-state index contributed by atoms with van der Waals surface area (Å²) in [4.78, 5) is 7.17. The van der Waals surface area contributed by atoms with Gasteiger partial charge in [-0.3, -0.25) is 4.90 Å². The topological polar surface area (TPSA) is 33.1 Å². The summed E-state index contributed by atoms with van der Waals surface area (Å²) in [5.41, 5.74) is 0.351. The van der Waals surface area contributed by atoms with E-state index in [1.165, 1.54) is 31.5 Å². The quantitative estimate of drug-likeness (QED) is 0.799. The maximum absolute atomic E-state index is 4.48. The number of aryl methyl sites for hydroxylation is 2. The molecule has 0 bridgehead atoms. The molecule has 0 saturated heterocycles. The van der Waals surface area contributed by atoms with Crippen molar-refractivity contribution in [3.05, 3.63) is 18.2 Å². The van der Waals surface area contributed by atoms with Crippen molar-refractivity contribution in [1.29, 1.82) is 0 Å². The Morgan fingerprint density at radius 1 is 1.33 bits per heavy atom. The molecule has 4 heteroatoms. The van der Waals surface area contributed by atoms with Gasteiger partial charge < -0.3 is 9.88 Å². The van der Waals surface area contributed by atoms with E-state index >= 15 is 0 Å². The Labute approximate surface area is 129 Å². The first-order chi connectivity index (χ1) is 10.2. The molecule has 1 unspecified atom stereocenters. The van der Waals surface area contributed by atoms with Crippen LogP contribution in [0.25, 0.3) is 0 Å². The molecule has 1 aliphatic rings. The van der Waals surface area contributed by atoms with Crippen LogP contribution < -0.4 is 5.32 Å². The summed E-state index contributed by atoms with van der Waals surface area (Å²) in [5.74, 6) is 1.20. The molecule has 0 radical (unpaired) electrons. The Balaban J connectivity index is 2.10. The van der Waals surface area contributed by atoms with E-state index in [1.54, 1.807) is 0 Å². The normalized spacial score (nSPS) is 19.3. The second-order valence-electron chi connectivity index (χ2n) is 6.32. The van der Waals surface area contributed by atoms with Gasteiger partial charge in [0.05, 0.1) is 0 Å². The molecule has 1 saturated carbocycles. The molecule has 120 valence electrons. The van der Waals surface area contributed by atoms with E-state index in [0.29, 0.717) is 11.6 Å². The molecular formula is C17H32N4. The first kappa shape index (κ1) is 16.5. The molecule has 1 atom stereocenters. The zero-order chi connectivity index (χ0) is 15.3. The summed E-state index contributed by atoms with van der Waals surface area (Å²) in [5, 5.41) is 3.64. The molecule has 0 spiro atoms. The average molecular weight is 292 g/mol. The Bertz CT molecular complexity index is 416. The molecule has 1 fully saturated rings. The third-order valence-electron chi connectivity index (χ3n) is 5.44. The molecule has 0 aliphatic heterocycles. The standard InChI is InChI=1S/C17H32N4/c1-5-21(6-2)17(11-7-8-12-17)15(18-3)9-10-16-19-13-14-20(16)4/h13-15,18H,5-12H2,1-4H3. The SMILES string of the molecule is CCN(CC)C1(C(CCc2nccn2C)NC)CCCC1. The number of aromatic nitrogens is 2. The molecule has 4 nitrogen and oxygen atoms in total. The highest BCUT2D eigenvalue weighted by molar-refractivity contribution is 5.04. The number of hydrogen-bond donors (Lipinski definition) is 1. The lowest BCUT2D eigenvalue weighted by molar-refractivity contribution is 0.0624. The van der Waals surface area contributed by atoms with E-state index in [4.69, 9.17) is 0 Å². The Hall–Kier alpha value is -0.870. The van der Waals surface area contributed by atoms with Crippen LogP contribution in [0.2, 0.25) is 0 Å². The van der Waals surface area contributed by atoms with Gasteiger partial charge >= 0.3 is 0 Å². The van der Waals surface area contributed by atoms with Gasteiger partial charge in [-0.2, -0.15) is 0 Å². The van der Waals surface area contributed by atoms with Crippen molar-refractivity contribution in [3.63, 3.8) is 0 Å². The zero-order valence-corrected chi connectivity index (χ0v) is 14.2. The average Bonchev–Trinajstić information content (AvgIpc) is 3.12. The van der Waals surface area contributed by atoms with Crippen LogP contribution in [0.5, 0.6) is 0 Å². The Kier molecular flexibility index (Phi) is 5.82. The van der Waals surface area contributed by atoms with E-state index in [-0.39, 0.29) is 0 Å². The predicted octanol–water partition coefficient (Wildman–Crippen LogP) is 2.60. The molecule has 2 rings (SSSR count). The van der Waals surface area contributed by atoms with Crippen molar-refractivity contribution in [3.8, 4) is 0 Å². The van der Waals surface area contributed by atoms with Crippen molar-refractivity contribution in [2.24, 2.45) is 7.05 Å². The van der Waals surface area contributed by atoms with Gasteiger partial charge in [0.2, 0.25) is 0 Å². The summed E-state index contributed by atoms with van der Waals surface area (Å²) in [7, 11) is 4.22. The van der Waals surface area contributed by atoms with E-state index in [1.807, 2.05) is 12.4 Å². The lowest BCUT2D eigenvalue weighted by Crippen LogP contribution is -2.59. The molecular weight excluding hydrogens is 260 g/mol. The van der Waals surface area contributed by atoms with E-state index < -0.39 is 0 Å². The lowest BCUT2D eigenvalue weighted by atomic mass is 9.83. The summed E-state index contributed by atoms with van der Waals surface area (Å²) in [6.45, 7) is 6.90. The van der Waals surface area contributed by atoms with Gasteiger partial charge in [-0.05, 0) is 39.4 Å². The summed E-state index contributed by atoms with van der Waals surface area (Å²) >= 11 is 0. The van der Waals surface area contributed by atoms with Gasteiger partial charge in [-0.1, -0.05) is 26.7 Å². The van der Waals surface area contributed by atoms with Gasteiger partial charge in [-0.25, -0.2) is 4.98 Å². The highest BCUT2D eigenvalue weighted by atomic mass is 15.2. The summed E-state index contributed by atoms with van der Waals surface area (Å²) in [6.07, 6.45) is 11.6. The van der Waals surface area contributed by atoms with Gasteiger partial charge in [-0.15, -0.1) is 0 Å². The van der Waals surface area contributed by atoms with Crippen LogP contribution in [0.4, 0.5) is 0 Å². The highest BCUT2D eigenvalue weighted by Crippen LogP contribution is 2.39. The lowest BCUT2D eigenvalue weighted by Gasteiger charge is -2.46. The van der Waals surface area contributed by atoms with Crippen molar-refractivity contribution < 1.29 is 0 Å². The predicted molar refractivity (Wildman–Crippen MR) is 88.5 cm³/mol. The van der Waals surface area contributed by atoms with Gasteiger partial charge in [0.15, 0.2) is 0 Å². The van der Waals surface area contributed by atoms with Gasteiger partial charge in [0.25, 0.3) is 0 Å². The van der Waals surface area contributed by atoms with Crippen molar-refractivity contribution in [2.45, 2.75) is 64.0 Å². The van der Waals surface area contributed by atoms with Crippen LogP contribution in [-0.2, 0) is 13.5 Å². The van der Waals surface area contributed by atoms with E-state index in [2.05, 4.69) is 47.7 Å². The molecule has 0 aromatic carbocycles. The highest BCUT2D eigenvalue weighted by Gasteiger charge is 2.43. The molecule has 1 aromatic heterocycles. The minimum Gasteiger partial charge on any atom is -0.338 e. The first-order valence-electron chi connectivity index (χ1n) is 8.56. The molecule has 0 amide bonds. The molecule has 1 heterocycles. The molecule has 1 aromatic rings. The largest absolute Gasteiger partial charge is 0.338 e. The third kappa shape index (κ3) is 3.32. The van der Waals surface area contributed by atoms with E-state index in [9.17, 15) is 0 Å². The monoisotopic (exact) mass is 292 g/mol. The number of imidazole rings is 1. The second kappa shape index (κ2) is 7.41.